The summed E-state index contributed by atoms with van der Waals surface area (Å²) in [6, 6.07) is 6.04. The summed E-state index contributed by atoms with van der Waals surface area (Å²) in [6.07, 6.45) is 2.83. The van der Waals surface area contributed by atoms with Crippen LogP contribution >= 0.6 is 0 Å². The predicted octanol–water partition coefficient (Wildman–Crippen LogP) is 1.35. The van der Waals surface area contributed by atoms with E-state index in [1.807, 2.05) is 12.1 Å². The first-order valence-corrected chi connectivity index (χ1v) is 7.68. The number of ether oxygens (including phenoxy) is 2. The van der Waals surface area contributed by atoms with Crippen molar-refractivity contribution in [3.05, 3.63) is 23.8 Å². The topological polar surface area (TPSA) is 54.0 Å². The maximum absolute atomic E-state index is 9.92. The van der Waals surface area contributed by atoms with Crippen molar-refractivity contribution in [1.29, 1.82) is 0 Å². The zero-order chi connectivity index (χ0) is 14.7. The van der Waals surface area contributed by atoms with E-state index < -0.39 is 0 Å². The average Bonchev–Trinajstić information content (AvgIpc) is 2.96. The average molecular weight is 292 g/mol. The van der Waals surface area contributed by atoms with E-state index in [1.54, 1.807) is 13.2 Å². The van der Waals surface area contributed by atoms with Crippen LogP contribution in [0.3, 0.4) is 0 Å². The van der Waals surface area contributed by atoms with Gasteiger partial charge >= 0.3 is 0 Å². The standard InChI is InChI=1S/C16H24N2O3/c1-20-14-5-4-12(16(19)7-14)8-17-9-15-10-18-6-2-3-13(18)11-21-15/h4-5,7,13,15,17,19H,2-3,6,8-11H2,1H3. The Bertz CT molecular complexity index is 481. The molecule has 1 aromatic carbocycles. The van der Waals surface area contributed by atoms with E-state index in [-0.39, 0.29) is 11.9 Å². The van der Waals surface area contributed by atoms with Gasteiger partial charge in [0.1, 0.15) is 11.5 Å². The van der Waals surface area contributed by atoms with Gasteiger partial charge in [0.25, 0.3) is 0 Å². The molecule has 0 radical (unpaired) electrons. The Hall–Kier alpha value is -1.30. The molecule has 0 bridgehead atoms. The quantitative estimate of drug-likeness (QED) is 0.858. The van der Waals surface area contributed by atoms with Gasteiger partial charge in [0.2, 0.25) is 0 Å². The van der Waals surface area contributed by atoms with E-state index in [0.29, 0.717) is 18.3 Å². The molecule has 2 saturated heterocycles. The SMILES string of the molecule is COc1ccc(CNCC2CN3CCCC3CO2)c(O)c1. The van der Waals surface area contributed by atoms with Crippen LogP contribution in [-0.4, -0.2) is 55.5 Å². The lowest BCUT2D eigenvalue weighted by Crippen LogP contribution is -2.49. The van der Waals surface area contributed by atoms with Crippen molar-refractivity contribution in [2.45, 2.75) is 31.5 Å². The molecule has 3 rings (SSSR count). The third-order valence-electron chi connectivity index (χ3n) is 4.44. The zero-order valence-corrected chi connectivity index (χ0v) is 12.5. The molecular formula is C16H24N2O3. The first-order chi connectivity index (χ1) is 10.3. The maximum Gasteiger partial charge on any atom is 0.123 e. The molecule has 5 heteroatoms. The molecule has 2 atom stereocenters. The van der Waals surface area contributed by atoms with Gasteiger partial charge in [-0.05, 0) is 25.5 Å². The summed E-state index contributed by atoms with van der Waals surface area (Å²) in [7, 11) is 1.60. The lowest BCUT2D eigenvalue weighted by atomic mass is 10.1. The molecule has 116 valence electrons. The fraction of sp³-hybridized carbons (Fsp3) is 0.625. The van der Waals surface area contributed by atoms with Crippen molar-refractivity contribution in [2.24, 2.45) is 0 Å². The summed E-state index contributed by atoms with van der Waals surface area (Å²) in [5.41, 5.74) is 0.880. The van der Waals surface area contributed by atoms with Crippen molar-refractivity contribution in [1.82, 2.24) is 10.2 Å². The maximum atomic E-state index is 9.92. The first-order valence-electron chi connectivity index (χ1n) is 7.68. The molecule has 0 amide bonds. The largest absolute Gasteiger partial charge is 0.507 e. The first kappa shape index (κ1) is 14.6. The zero-order valence-electron chi connectivity index (χ0n) is 12.5. The van der Waals surface area contributed by atoms with Gasteiger partial charge in [0.15, 0.2) is 0 Å². The Morgan fingerprint density at radius 1 is 1.48 bits per heavy atom. The van der Waals surface area contributed by atoms with Crippen molar-refractivity contribution < 1.29 is 14.6 Å². The highest BCUT2D eigenvalue weighted by Crippen LogP contribution is 2.24. The van der Waals surface area contributed by atoms with E-state index in [1.165, 1.54) is 19.4 Å². The molecule has 2 N–H and O–H groups in total. The van der Waals surface area contributed by atoms with Crippen LogP contribution in [0.15, 0.2) is 18.2 Å². The van der Waals surface area contributed by atoms with Gasteiger partial charge < -0.3 is 19.9 Å². The van der Waals surface area contributed by atoms with Crippen LogP contribution < -0.4 is 10.1 Å². The smallest absolute Gasteiger partial charge is 0.123 e. The van der Waals surface area contributed by atoms with Crippen LogP contribution in [0, 0.1) is 0 Å². The van der Waals surface area contributed by atoms with E-state index in [4.69, 9.17) is 9.47 Å². The van der Waals surface area contributed by atoms with Crippen LogP contribution in [0.5, 0.6) is 11.5 Å². The van der Waals surface area contributed by atoms with E-state index in [9.17, 15) is 5.11 Å². The van der Waals surface area contributed by atoms with E-state index >= 15 is 0 Å². The van der Waals surface area contributed by atoms with E-state index in [2.05, 4.69) is 10.2 Å². The van der Waals surface area contributed by atoms with Crippen LogP contribution in [0.25, 0.3) is 0 Å². The van der Waals surface area contributed by atoms with Crippen molar-refractivity contribution in [3.63, 3.8) is 0 Å². The number of nitrogens with one attached hydrogen (secondary N) is 1. The highest BCUT2D eigenvalue weighted by molar-refractivity contribution is 5.39. The molecule has 0 saturated carbocycles. The minimum atomic E-state index is 0.250. The number of benzene rings is 1. The summed E-state index contributed by atoms with van der Waals surface area (Å²) < 4.78 is 11.0. The second kappa shape index (κ2) is 6.64. The molecule has 2 unspecified atom stereocenters. The summed E-state index contributed by atoms with van der Waals surface area (Å²) in [6.45, 7) is 4.55. The second-order valence-corrected chi connectivity index (χ2v) is 5.87. The van der Waals surface area contributed by atoms with Crippen molar-refractivity contribution in [2.75, 3.05) is 33.4 Å². The number of methoxy groups -OCH3 is 1. The Balaban J connectivity index is 1.45. The third kappa shape index (κ3) is 3.48. The number of phenolic OH excluding ortho intramolecular Hbond substituents is 1. The highest BCUT2D eigenvalue weighted by Gasteiger charge is 2.31. The highest BCUT2D eigenvalue weighted by atomic mass is 16.5. The van der Waals surface area contributed by atoms with Crippen LogP contribution in [-0.2, 0) is 11.3 Å². The van der Waals surface area contributed by atoms with Crippen LogP contribution in [0.4, 0.5) is 0 Å². The Morgan fingerprint density at radius 2 is 2.38 bits per heavy atom. The molecule has 2 aliphatic rings. The minimum Gasteiger partial charge on any atom is -0.507 e. The number of hydrogen-bond acceptors (Lipinski definition) is 5. The Morgan fingerprint density at radius 3 is 3.19 bits per heavy atom. The van der Waals surface area contributed by atoms with Gasteiger partial charge in [-0.1, -0.05) is 6.07 Å². The molecular weight excluding hydrogens is 268 g/mol. The molecule has 2 fully saturated rings. The number of hydrogen-bond donors (Lipinski definition) is 2. The molecule has 1 aromatic rings. The fourth-order valence-electron chi connectivity index (χ4n) is 3.20. The summed E-state index contributed by atoms with van der Waals surface area (Å²) in [5.74, 6) is 0.943. The minimum absolute atomic E-state index is 0.250. The van der Waals surface area contributed by atoms with Gasteiger partial charge in [-0.2, -0.15) is 0 Å². The second-order valence-electron chi connectivity index (χ2n) is 5.87. The van der Waals surface area contributed by atoms with Gasteiger partial charge in [0.05, 0.1) is 19.8 Å². The Kier molecular flexibility index (Phi) is 4.63. The summed E-state index contributed by atoms with van der Waals surface area (Å²) in [4.78, 5) is 2.54. The van der Waals surface area contributed by atoms with Crippen molar-refractivity contribution >= 4 is 0 Å². The monoisotopic (exact) mass is 292 g/mol. The normalized spacial score (nSPS) is 25.8. The number of morpholine rings is 1. The van der Waals surface area contributed by atoms with Gasteiger partial charge in [-0.25, -0.2) is 0 Å². The van der Waals surface area contributed by atoms with Gasteiger partial charge in [0, 0.05) is 37.3 Å². The molecule has 2 heterocycles. The van der Waals surface area contributed by atoms with E-state index in [0.717, 1.165) is 25.3 Å². The summed E-state index contributed by atoms with van der Waals surface area (Å²) >= 11 is 0. The number of phenols is 1. The Labute approximate surface area is 125 Å². The molecule has 2 aliphatic heterocycles. The molecule has 0 aliphatic carbocycles. The fourth-order valence-corrected chi connectivity index (χ4v) is 3.20. The molecule has 0 spiro atoms. The van der Waals surface area contributed by atoms with Crippen LogP contribution in [0.2, 0.25) is 0 Å². The lowest BCUT2D eigenvalue weighted by Gasteiger charge is -2.35. The predicted molar refractivity (Wildman–Crippen MR) is 80.7 cm³/mol. The van der Waals surface area contributed by atoms with Crippen molar-refractivity contribution in [3.8, 4) is 11.5 Å². The number of nitrogens with zero attached hydrogens (tertiary/aromatic N) is 1. The summed E-state index contributed by atoms with van der Waals surface area (Å²) in [5, 5.41) is 13.3. The van der Waals surface area contributed by atoms with Crippen LogP contribution in [0.1, 0.15) is 18.4 Å². The number of rotatable bonds is 5. The third-order valence-corrected chi connectivity index (χ3v) is 4.44. The molecule has 21 heavy (non-hydrogen) atoms. The number of aromatic hydroxyl groups is 1. The molecule has 0 aromatic heterocycles. The van der Waals surface area contributed by atoms with Gasteiger partial charge in [-0.3, -0.25) is 4.90 Å². The van der Waals surface area contributed by atoms with Gasteiger partial charge in [-0.15, -0.1) is 0 Å². The lowest BCUT2D eigenvalue weighted by molar-refractivity contribution is -0.0470. The molecule has 5 nitrogen and oxygen atoms in total. The number of fused-ring (bicyclic) bond motifs is 1.